The van der Waals surface area contributed by atoms with Crippen molar-refractivity contribution >= 4 is 5.91 Å². The van der Waals surface area contributed by atoms with Gasteiger partial charge in [-0.1, -0.05) is 31.2 Å². The van der Waals surface area contributed by atoms with Crippen molar-refractivity contribution in [3.8, 4) is 0 Å². The van der Waals surface area contributed by atoms with Gasteiger partial charge in [-0.25, -0.2) is 0 Å². The molecule has 23 heavy (non-hydrogen) atoms. The van der Waals surface area contributed by atoms with Crippen LogP contribution in [0.1, 0.15) is 53.6 Å². The number of amides is 1. The summed E-state index contributed by atoms with van der Waals surface area (Å²) in [5, 5.41) is 0. The second-order valence-corrected chi connectivity index (χ2v) is 7.00. The normalized spacial score (nSPS) is 22.1. The first kappa shape index (κ1) is 14.4. The fourth-order valence-electron chi connectivity index (χ4n) is 4.50. The van der Waals surface area contributed by atoms with Gasteiger partial charge in [-0.15, -0.1) is 0 Å². The van der Waals surface area contributed by atoms with E-state index in [4.69, 9.17) is 0 Å². The zero-order valence-corrected chi connectivity index (χ0v) is 13.5. The number of carbonyl (C=O) groups excluding carboxylic acids is 1. The molecule has 0 bridgehead atoms. The molecule has 0 N–H and O–H groups in total. The van der Waals surface area contributed by atoms with Crippen molar-refractivity contribution in [1.82, 2.24) is 9.88 Å². The smallest absolute Gasteiger partial charge is 0.253 e. The Morgan fingerprint density at radius 2 is 1.83 bits per heavy atom. The number of likely N-dealkylation sites (tertiary alicyclic amines) is 1. The molecule has 3 nitrogen and oxygen atoms in total. The van der Waals surface area contributed by atoms with E-state index in [0.717, 1.165) is 31.5 Å². The predicted molar refractivity (Wildman–Crippen MR) is 90.5 cm³/mol. The highest BCUT2D eigenvalue weighted by Gasteiger charge is 2.44. The molecule has 2 aromatic rings. The Bertz CT molecular complexity index is 717. The molecular weight excluding hydrogens is 284 g/mol. The van der Waals surface area contributed by atoms with Crippen LogP contribution in [0.25, 0.3) is 0 Å². The Morgan fingerprint density at radius 1 is 1.13 bits per heavy atom. The molecule has 1 saturated heterocycles. The van der Waals surface area contributed by atoms with Crippen LogP contribution < -0.4 is 0 Å². The largest absolute Gasteiger partial charge is 0.339 e. The summed E-state index contributed by atoms with van der Waals surface area (Å²) in [7, 11) is 0. The Morgan fingerprint density at radius 3 is 2.57 bits per heavy atom. The zero-order chi connectivity index (χ0) is 15.9. The minimum absolute atomic E-state index is 0.140. The van der Waals surface area contributed by atoms with Gasteiger partial charge < -0.3 is 4.90 Å². The van der Waals surface area contributed by atoms with Crippen LogP contribution in [0.4, 0.5) is 0 Å². The summed E-state index contributed by atoms with van der Waals surface area (Å²) in [5.41, 5.74) is 4.08. The standard InChI is InChI=1S/C20H22N2O/c1-15-14-20(18-5-3-2-4-17(15)18)8-12-22(13-9-20)19(23)16-6-10-21-11-7-16/h2-7,10-11,15H,8-9,12-14H2,1H3. The number of rotatable bonds is 1. The van der Waals surface area contributed by atoms with E-state index in [1.807, 2.05) is 4.90 Å². The maximum absolute atomic E-state index is 12.6. The molecule has 2 aliphatic rings. The van der Waals surface area contributed by atoms with Gasteiger partial charge in [0.05, 0.1) is 0 Å². The molecule has 1 aliphatic carbocycles. The van der Waals surface area contributed by atoms with Gasteiger partial charge >= 0.3 is 0 Å². The van der Waals surface area contributed by atoms with Crippen molar-refractivity contribution in [3.05, 3.63) is 65.5 Å². The fraction of sp³-hybridized carbons (Fsp3) is 0.400. The van der Waals surface area contributed by atoms with Gasteiger partial charge in [-0.05, 0) is 53.9 Å². The van der Waals surface area contributed by atoms with Crippen molar-refractivity contribution in [2.45, 2.75) is 37.5 Å². The van der Waals surface area contributed by atoms with E-state index >= 15 is 0 Å². The summed E-state index contributed by atoms with van der Waals surface area (Å²) in [6, 6.07) is 12.5. The molecule has 3 heteroatoms. The highest BCUT2D eigenvalue weighted by molar-refractivity contribution is 5.94. The van der Waals surface area contributed by atoms with Crippen molar-refractivity contribution in [3.63, 3.8) is 0 Å². The van der Waals surface area contributed by atoms with Crippen molar-refractivity contribution in [2.24, 2.45) is 0 Å². The van der Waals surface area contributed by atoms with Gasteiger partial charge in [0, 0.05) is 31.0 Å². The molecule has 1 aromatic carbocycles. The highest BCUT2D eigenvalue weighted by atomic mass is 16.2. The number of hydrogen-bond acceptors (Lipinski definition) is 2. The molecule has 1 atom stereocenters. The zero-order valence-electron chi connectivity index (χ0n) is 13.5. The lowest BCUT2D eigenvalue weighted by Gasteiger charge is -2.40. The number of carbonyl (C=O) groups is 1. The monoisotopic (exact) mass is 306 g/mol. The van der Waals surface area contributed by atoms with Crippen LogP contribution in [-0.4, -0.2) is 28.9 Å². The topological polar surface area (TPSA) is 33.2 Å². The maximum atomic E-state index is 12.6. The lowest BCUT2D eigenvalue weighted by molar-refractivity contribution is 0.0663. The van der Waals surface area contributed by atoms with Crippen LogP contribution in [-0.2, 0) is 5.41 Å². The molecule has 1 amide bonds. The Balaban J connectivity index is 1.53. The summed E-state index contributed by atoms with van der Waals surface area (Å²) in [4.78, 5) is 18.6. The summed E-state index contributed by atoms with van der Waals surface area (Å²) in [5.74, 6) is 0.773. The third kappa shape index (κ3) is 2.35. The first-order valence-electron chi connectivity index (χ1n) is 8.48. The minimum atomic E-state index is 0.140. The fourth-order valence-corrected chi connectivity index (χ4v) is 4.50. The number of fused-ring (bicyclic) bond motifs is 2. The molecule has 1 unspecified atom stereocenters. The number of piperidine rings is 1. The average molecular weight is 306 g/mol. The third-order valence-corrected chi connectivity index (χ3v) is 5.70. The quantitative estimate of drug-likeness (QED) is 0.803. The van der Waals surface area contributed by atoms with Crippen molar-refractivity contribution < 1.29 is 4.79 Å². The van der Waals surface area contributed by atoms with Crippen LogP contribution in [0.2, 0.25) is 0 Å². The SMILES string of the molecule is CC1CC2(CCN(C(=O)c3ccncc3)CC2)c2ccccc21. The lowest BCUT2D eigenvalue weighted by Crippen LogP contribution is -2.44. The second-order valence-electron chi connectivity index (χ2n) is 7.00. The first-order chi connectivity index (χ1) is 11.2. The van der Waals surface area contributed by atoms with Gasteiger partial charge in [0.25, 0.3) is 5.91 Å². The molecule has 1 aromatic heterocycles. The molecule has 1 aliphatic heterocycles. The van der Waals surface area contributed by atoms with E-state index in [9.17, 15) is 4.79 Å². The van der Waals surface area contributed by atoms with Gasteiger partial charge in [0.15, 0.2) is 0 Å². The highest BCUT2D eigenvalue weighted by Crippen LogP contribution is 2.51. The van der Waals surface area contributed by atoms with Gasteiger partial charge in [-0.3, -0.25) is 9.78 Å². The molecule has 0 radical (unpaired) electrons. The molecule has 1 spiro atoms. The Kier molecular flexibility index (Phi) is 3.44. The number of aromatic nitrogens is 1. The molecule has 118 valence electrons. The number of hydrogen-bond donors (Lipinski definition) is 0. The van der Waals surface area contributed by atoms with E-state index in [1.54, 1.807) is 24.5 Å². The van der Waals surface area contributed by atoms with Crippen LogP contribution in [0.5, 0.6) is 0 Å². The number of pyridine rings is 1. The van der Waals surface area contributed by atoms with Gasteiger partial charge in [0.1, 0.15) is 0 Å². The van der Waals surface area contributed by atoms with E-state index < -0.39 is 0 Å². The average Bonchev–Trinajstić information content (AvgIpc) is 2.88. The molecule has 0 saturated carbocycles. The van der Waals surface area contributed by atoms with Crippen LogP contribution in [0.15, 0.2) is 48.8 Å². The van der Waals surface area contributed by atoms with E-state index in [2.05, 4.69) is 36.2 Å². The van der Waals surface area contributed by atoms with Crippen LogP contribution >= 0.6 is 0 Å². The molecule has 2 heterocycles. The van der Waals surface area contributed by atoms with Crippen molar-refractivity contribution in [2.75, 3.05) is 13.1 Å². The Labute approximate surface area is 137 Å². The third-order valence-electron chi connectivity index (χ3n) is 5.70. The van der Waals surface area contributed by atoms with E-state index in [-0.39, 0.29) is 11.3 Å². The van der Waals surface area contributed by atoms with Crippen LogP contribution in [0.3, 0.4) is 0 Å². The van der Waals surface area contributed by atoms with Crippen LogP contribution in [0, 0.1) is 0 Å². The maximum Gasteiger partial charge on any atom is 0.253 e. The number of nitrogens with zero attached hydrogens (tertiary/aromatic N) is 2. The first-order valence-corrected chi connectivity index (χ1v) is 8.48. The minimum Gasteiger partial charge on any atom is -0.339 e. The van der Waals surface area contributed by atoms with E-state index in [1.165, 1.54) is 17.5 Å². The van der Waals surface area contributed by atoms with Crippen molar-refractivity contribution in [1.29, 1.82) is 0 Å². The second kappa shape index (κ2) is 5.48. The summed E-state index contributed by atoms with van der Waals surface area (Å²) < 4.78 is 0. The molecule has 1 fully saturated rings. The van der Waals surface area contributed by atoms with Gasteiger partial charge in [0.2, 0.25) is 0 Å². The molecule has 4 rings (SSSR count). The summed E-state index contributed by atoms with van der Waals surface area (Å²) in [6.07, 6.45) is 6.75. The molecular formula is C20H22N2O. The Hall–Kier alpha value is -2.16. The van der Waals surface area contributed by atoms with Gasteiger partial charge in [-0.2, -0.15) is 0 Å². The summed E-state index contributed by atoms with van der Waals surface area (Å²) in [6.45, 7) is 4.03. The summed E-state index contributed by atoms with van der Waals surface area (Å²) >= 11 is 0. The van der Waals surface area contributed by atoms with E-state index in [0.29, 0.717) is 5.92 Å². The predicted octanol–water partition coefficient (Wildman–Crippen LogP) is 3.76. The number of benzene rings is 1. The lowest BCUT2D eigenvalue weighted by atomic mass is 9.73.